The number of amides is 4. The van der Waals surface area contributed by atoms with Crippen LogP contribution in [0.3, 0.4) is 0 Å². The lowest BCUT2D eigenvalue weighted by Crippen LogP contribution is -2.55. The number of aliphatic hydroxyl groups excluding tert-OH is 9. The number of unbranched alkanes of at least 4 members (excludes halogenated alkanes) is 13. The van der Waals surface area contributed by atoms with E-state index in [9.17, 15) is 89.1 Å². The van der Waals surface area contributed by atoms with Crippen LogP contribution in [0.25, 0.3) is 0 Å². The number of hydrogen-bond acceptors (Lipinski definition) is 33. The van der Waals surface area contributed by atoms with Crippen molar-refractivity contribution in [3.05, 3.63) is 0 Å². The molecule has 4 fully saturated rings. The molecule has 17 atom stereocenters. The van der Waals surface area contributed by atoms with E-state index in [1.165, 1.54) is 21.9 Å². The minimum Gasteiger partial charge on any atom is -0.466 e. The molecule has 37 heteroatoms. The van der Waals surface area contributed by atoms with E-state index >= 15 is 0 Å². The normalized spacial score (nSPS) is 24.8. The summed E-state index contributed by atoms with van der Waals surface area (Å²) in [6.45, 7) is 7.48. The molecular formula is C89H158N4O31S2. The number of methoxy groups -OCH3 is 2. The van der Waals surface area contributed by atoms with Crippen LogP contribution in [-0.2, 0) is 99.4 Å². The van der Waals surface area contributed by atoms with Gasteiger partial charge in [-0.2, -0.15) is 0 Å². The highest BCUT2D eigenvalue weighted by atomic mass is 33.1. The first-order chi connectivity index (χ1) is 60.8. The minimum atomic E-state index is -1.23. The van der Waals surface area contributed by atoms with Gasteiger partial charge in [0, 0.05) is 135 Å². The van der Waals surface area contributed by atoms with E-state index in [0.29, 0.717) is 167 Å². The predicted molar refractivity (Wildman–Crippen MR) is 468 cm³/mol. The molecule has 0 aromatic heterocycles. The number of likely N-dealkylation sites (tertiary alicyclic amines) is 1. The van der Waals surface area contributed by atoms with Gasteiger partial charge in [-0.25, -0.2) is 4.79 Å². The maximum absolute atomic E-state index is 14.2. The van der Waals surface area contributed by atoms with Crippen LogP contribution in [0.4, 0.5) is 4.79 Å². The number of Topliss-reactive ketones (excluding diaryl/α,β-unsaturated/α-hetero) is 3. The van der Waals surface area contributed by atoms with Crippen molar-refractivity contribution in [3.63, 3.8) is 0 Å². The van der Waals surface area contributed by atoms with Crippen LogP contribution in [0, 0.1) is 23.2 Å². The lowest BCUT2D eigenvalue weighted by Gasteiger charge is -2.40. The standard InChI is InChI=1S/C89H158N4O31S2/c1-63-79(105)82(108)71(59-94)122-85(63)117-46-23-32-67(97)30-15-9-6-14-22-45-92-88(111)120-51-29-42-89(40-27-49-115-77(103)37-16-10-7-12-20-43-90-74(100)34-24-47-118-86-64(2)80(106)83(109)72(60-95)123-86,41-28-50-116-78(104)38-17-11-8-13-21-44-91-75(101)35-25-48-119-87-65(3)81(107)84(110)73(61-96)124-87)57-69(99)39-52-114-53-54-121-126-125-55-26-33-68(98)31-18-19-36-76(102)93-58-70(113-5)56-66(93)62-112-4/h63-66,70-73,79-87,94-96,105-110H,6-62H2,1-5H3,(H,90,100)(H,91,101)(H,92,111)/t63?,64?,65?,66-,70+,71?,72?,73?,79?,80?,81?,82?,83?,84?,85?,86?,87?,89?/m1/s1. The van der Waals surface area contributed by atoms with Crippen LogP contribution in [0.15, 0.2) is 0 Å². The number of hydrogen-bond donors (Lipinski definition) is 12. The Morgan fingerprint density at radius 1 is 0.413 bits per heavy atom. The Hall–Kier alpha value is -4.43. The number of esters is 2. The number of carbonyl (C=O) groups excluding carboxylic acids is 9. The number of alkyl carbamates (subject to hydrolysis) is 1. The summed E-state index contributed by atoms with van der Waals surface area (Å²) >= 11 is 1.22. The van der Waals surface area contributed by atoms with Gasteiger partial charge in [-0.15, -0.1) is 0 Å². The van der Waals surface area contributed by atoms with E-state index in [1.54, 1.807) is 35.0 Å². The Labute approximate surface area is 754 Å². The Balaban J connectivity index is 1.24. The molecule has 0 aliphatic carbocycles. The number of nitrogens with zero attached hydrogens (tertiary/aromatic N) is 1. The Morgan fingerprint density at radius 2 is 0.817 bits per heavy atom. The van der Waals surface area contributed by atoms with Crippen LogP contribution in [-0.4, -0.2) is 322 Å². The molecule has 732 valence electrons. The van der Waals surface area contributed by atoms with E-state index in [-0.39, 0.29) is 157 Å². The van der Waals surface area contributed by atoms with Gasteiger partial charge in [-0.3, -0.25) is 38.4 Å². The van der Waals surface area contributed by atoms with Crippen LogP contribution < -0.4 is 16.0 Å². The van der Waals surface area contributed by atoms with Crippen molar-refractivity contribution in [2.24, 2.45) is 23.2 Å². The van der Waals surface area contributed by atoms with Crippen molar-refractivity contribution in [1.29, 1.82) is 0 Å². The zero-order valence-corrected chi connectivity index (χ0v) is 77.5. The van der Waals surface area contributed by atoms with Gasteiger partial charge in [0.05, 0.1) is 127 Å². The first kappa shape index (κ1) is 114. The van der Waals surface area contributed by atoms with Gasteiger partial charge in [0.1, 0.15) is 54.0 Å². The largest absolute Gasteiger partial charge is 0.466 e. The molecule has 0 radical (unpaired) electrons. The average Bonchev–Trinajstić information content (AvgIpc) is 1.20. The number of rotatable bonds is 76. The van der Waals surface area contributed by atoms with Crippen LogP contribution in [0.5, 0.6) is 0 Å². The van der Waals surface area contributed by atoms with Crippen molar-refractivity contribution < 1.29 is 150 Å². The summed E-state index contributed by atoms with van der Waals surface area (Å²) in [5, 5.41) is 98.3. The maximum Gasteiger partial charge on any atom is 0.407 e. The van der Waals surface area contributed by atoms with Gasteiger partial charge in [-0.05, 0) is 127 Å². The van der Waals surface area contributed by atoms with Gasteiger partial charge in [0.25, 0.3) is 0 Å². The van der Waals surface area contributed by atoms with E-state index < -0.39 is 123 Å². The number of ketones is 3. The van der Waals surface area contributed by atoms with Crippen LogP contribution in [0.1, 0.15) is 271 Å². The fourth-order valence-electron chi connectivity index (χ4n) is 15.9. The topological polar surface area (TPSA) is 495 Å². The lowest BCUT2D eigenvalue weighted by molar-refractivity contribution is -0.282. The summed E-state index contributed by atoms with van der Waals surface area (Å²) in [5.74, 6) is -1.56. The van der Waals surface area contributed by atoms with Gasteiger partial charge in [0.2, 0.25) is 17.7 Å². The van der Waals surface area contributed by atoms with E-state index in [4.69, 9.17) is 61.0 Å². The fourth-order valence-corrected chi connectivity index (χ4v) is 17.4. The van der Waals surface area contributed by atoms with Crippen molar-refractivity contribution in [3.8, 4) is 0 Å². The Bertz CT molecular complexity index is 2730. The summed E-state index contributed by atoms with van der Waals surface area (Å²) in [4.78, 5) is 119. The molecule has 0 aromatic carbocycles. The monoisotopic (exact) mass is 1840 g/mol. The lowest BCUT2D eigenvalue weighted by atomic mass is 9.71. The molecular weight excluding hydrogens is 1690 g/mol. The molecule has 4 heterocycles. The molecule has 0 bridgehead atoms. The molecule has 0 saturated carbocycles. The van der Waals surface area contributed by atoms with Crippen molar-refractivity contribution in [1.82, 2.24) is 20.9 Å². The highest BCUT2D eigenvalue weighted by molar-refractivity contribution is 8.74. The van der Waals surface area contributed by atoms with Crippen LogP contribution in [0.2, 0.25) is 0 Å². The average molecular weight is 1840 g/mol. The molecule has 4 amide bonds. The van der Waals surface area contributed by atoms with E-state index in [0.717, 1.165) is 83.5 Å². The first-order valence-corrected chi connectivity index (χ1v) is 48.9. The zero-order chi connectivity index (χ0) is 92.1. The Kier molecular flexibility index (Phi) is 62.8. The number of nitrogens with one attached hydrogen (secondary N) is 3. The third-order valence-electron chi connectivity index (χ3n) is 23.8. The second-order valence-electron chi connectivity index (χ2n) is 34.1. The highest BCUT2D eigenvalue weighted by Gasteiger charge is 2.45. The summed E-state index contributed by atoms with van der Waals surface area (Å²) in [6.07, 6.45) is 8.31. The zero-order valence-electron chi connectivity index (χ0n) is 75.9. The van der Waals surface area contributed by atoms with Gasteiger partial charge in [0.15, 0.2) is 18.9 Å². The van der Waals surface area contributed by atoms with Crippen LogP contribution >= 0.6 is 21.9 Å². The maximum atomic E-state index is 14.2. The number of aliphatic hydroxyl groups is 9. The number of carbonyl (C=O) groups is 9. The highest BCUT2D eigenvalue weighted by Crippen LogP contribution is 2.40. The van der Waals surface area contributed by atoms with Gasteiger partial charge in [-0.1, -0.05) is 89.4 Å². The molecule has 4 aliphatic rings. The molecule has 4 aliphatic heterocycles. The second kappa shape index (κ2) is 69.4. The van der Waals surface area contributed by atoms with E-state index in [1.807, 2.05) is 4.90 Å². The molecule has 0 spiro atoms. The molecule has 15 unspecified atom stereocenters. The predicted octanol–water partition coefficient (Wildman–Crippen LogP) is 7.42. The third-order valence-corrected chi connectivity index (χ3v) is 25.6. The molecule has 12 N–H and O–H groups in total. The molecule has 35 nitrogen and oxygen atoms in total. The van der Waals surface area contributed by atoms with Gasteiger partial charge >= 0.3 is 18.0 Å². The molecule has 4 rings (SSSR count). The quantitative estimate of drug-likeness (QED) is 0.00926. The summed E-state index contributed by atoms with van der Waals surface area (Å²) < 4.78 is 73.6. The first-order valence-electron chi connectivity index (χ1n) is 46.6. The molecule has 0 aromatic rings. The van der Waals surface area contributed by atoms with Crippen molar-refractivity contribution in [2.75, 3.05) is 132 Å². The second-order valence-corrected chi connectivity index (χ2v) is 36.2. The Morgan fingerprint density at radius 3 is 1.28 bits per heavy atom. The SMILES string of the molecule is COC[C@H]1C[C@H](OC)CN1C(=O)CCCCC(=O)CCCSSOCCOCCC(=O)CC(CCCOC(=O)CCCCCCCNC(=O)CCCOC1OC(CO)C(O)C(O)C1C)(CCCOC(=O)CCCCCCCNC(=O)CCCOC1OC(CO)C(O)C(O)C1C)CCCOC(=O)NCCCCCCCC(=O)CCCOC1OC(CO)C(O)C(O)C1C. The summed E-state index contributed by atoms with van der Waals surface area (Å²) in [5.41, 5.74) is -0.682. The summed E-state index contributed by atoms with van der Waals surface area (Å²) in [6, 6.07) is -0.00417. The molecule has 126 heavy (non-hydrogen) atoms. The summed E-state index contributed by atoms with van der Waals surface area (Å²) in [7, 11) is 4.76. The number of ether oxygens (including phenoxy) is 12. The minimum absolute atomic E-state index is 0.00347. The molecule has 4 saturated heterocycles. The fraction of sp³-hybridized carbons (Fsp3) is 0.899. The van der Waals surface area contributed by atoms with E-state index in [2.05, 4.69) is 16.0 Å². The smallest absolute Gasteiger partial charge is 0.407 e. The van der Waals surface area contributed by atoms with Gasteiger partial charge < -0.3 is 128 Å². The van der Waals surface area contributed by atoms with Crippen molar-refractivity contribution in [2.45, 2.75) is 357 Å². The third kappa shape index (κ3) is 48.3. The van der Waals surface area contributed by atoms with Crippen molar-refractivity contribution >= 4 is 75.0 Å².